The van der Waals surface area contributed by atoms with Gasteiger partial charge in [-0.25, -0.2) is 0 Å². The van der Waals surface area contributed by atoms with E-state index in [1.807, 2.05) is 18.2 Å². The Balaban J connectivity index is 2.01. The van der Waals surface area contributed by atoms with Gasteiger partial charge < -0.3 is 5.32 Å². The molecule has 1 aliphatic heterocycles. The second-order valence-corrected chi connectivity index (χ2v) is 3.96. The van der Waals surface area contributed by atoms with Gasteiger partial charge in [0.05, 0.1) is 5.52 Å². The summed E-state index contributed by atoms with van der Waals surface area (Å²) < 4.78 is 0. The second kappa shape index (κ2) is 3.63. The highest BCUT2D eigenvalue weighted by Gasteiger charge is 2.19. The number of hydrogen-bond donors (Lipinski definition) is 3. The molecular formula is C10H7N5OS. The molecule has 0 bridgehead atoms. The Morgan fingerprint density at radius 3 is 2.94 bits per heavy atom. The predicted octanol–water partition coefficient (Wildman–Crippen LogP) is 0.303. The number of fused-ring (bicyclic) bond motifs is 1. The molecule has 6 nitrogen and oxygen atoms in total. The summed E-state index contributed by atoms with van der Waals surface area (Å²) in [6.45, 7) is 0. The molecule has 1 saturated heterocycles. The highest BCUT2D eigenvalue weighted by atomic mass is 32.1. The summed E-state index contributed by atoms with van der Waals surface area (Å²) >= 11 is 4.84. The lowest BCUT2D eigenvalue weighted by Crippen LogP contribution is -2.21. The van der Waals surface area contributed by atoms with Gasteiger partial charge in [-0.2, -0.15) is 0 Å². The molecule has 0 saturated carbocycles. The van der Waals surface area contributed by atoms with E-state index in [0.717, 1.165) is 16.6 Å². The smallest absolute Gasteiger partial charge is 0.273 e. The average Bonchev–Trinajstić information content (AvgIpc) is 2.85. The second-order valence-electron chi connectivity index (χ2n) is 3.55. The van der Waals surface area contributed by atoms with E-state index < -0.39 is 0 Å². The van der Waals surface area contributed by atoms with Crippen LogP contribution in [-0.2, 0) is 4.79 Å². The van der Waals surface area contributed by atoms with Gasteiger partial charge in [-0.3, -0.25) is 15.2 Å². The monoisotopic (exact) mass is 245 g/mol. The van der Waals surface area contributed by atoms with Crippen molar-refractivity contribution < 1.29 is 4.79 Å². The van der Waals surface area contributed by atoms with Crippen molar-refractivity contribution in [3.8, 4) is 0 Å². The molecule has 2 aromatic rings. The van der Waals surface area contributed by atoms with Gasteiger partial charge in [0.1, 0.15) is 11.2 Å². The van der Waals surface area contributed by atoms with Crippen LogP contribution in [0.4, 0.5) is 0 Å². The lowest BCUT2D eigenvalue weighted by molar-refractivity contribution is -0.115. The number of rotatable bonds is 1. The zero-order chi connectivity index (χ0) is 11.8. The van der Waals surface area contributed by atoms with Gasteiger partial charge in [-0.05, 0) is 36.0 Å². The summed E-state index contributed by atoms with van der Waals surface area (Å²) in [7, 11) is 0. The summed E-state index contributed by atoms with van der Waals surface area (Å²) in [6, 6.07) is 5.54. The van der Waals surface area contributed by atoms with Gasteiger partial charge in [0.25, 0.3) is 5.91 Å². The van der Waals surface area contributed by atoms with Crippen LogP contribution >= 0.6 is 12.2 Å². The van der Waals surface area contributed by atoms with Crippen LogP contribution in [0.3, 0.4) is 0 Å². The summed E-state index contributed by atoms with van der Waals surface area (Å²) in [4.78, 5) is 11.4. The summed E-state index contributed by atoms with van der Waals surface area (Å²) in [5, 5.41) is 15.9. The van der Waals surface area contributed by atoms with Crippen molar-refractivity contribution in [3.05, 3.63) is 29.5 Å². The number of carbonyl (C=O) groups excluding carboxylic acids is 1. The SMILES string of the molecule is O=C1NC(=S)N/C1=C\c1ccc2nn[nH]c2c1. The van der Waals surface area contributed by atoms with Crippen molar-refractivity contribution in [1.29, 1.82) is 0 Å². The molecule has 17 heavy (non-hydrogen) atoms. The van der Waals surface area contributed by atoms with Crippen LogP contribution in [0.25, 0.3) is 17.1 Å². The fourth-order valence-electron chi connectivity index (χ4n) is 1.60. The van der Waals surface area contributed by atoms with E-state index >= 15 is 0 Å². The summed E-state index contributed by atoms with van der Waals surface area (Å²) in [6.07, 6.45) is 1.72. The van der Waals surface area contributed by atoms with E-state index in [0.29, 0.717) is 10.8 Å². The number of benzene rings is 1. The third-order valence-corrected chi connectivity index (χ3v) is 2.58. The Morgan fingerprint density at radius 1 is 1.29 bits per heavy atom. The zero-order valence-corrected chi connectivity index (χ0v) is 9.34. The van der Waals surface area contributed by atoms with Crippen molar-refractivity contribution in [1.82, 2.24) is 26.0 Å². The van der Waals surface area contributed by atoms with Crippen LogP contribution in [0.1, 0.15) is 5.56 Å². The molecule has 0 unspecified atom stereocenters. The normalized spacial score (nSPS) is 17.5. The molecule has 1 fully saturated rings. The van der Waals surface area contributed by atoms with E-state index in [-0.39, 0.29) is 5.91 Å². The van der Waals surface area contributed by atoms with E-state index in [2.05, 4.69) is 26.0 Å². The third-order valence-electron chi connectivity index (χ3n) is 2.38. The van der Waals surface area contributed by atoms with E-state index in [4.69, 9.17) is 12.2 Å². The first-order chi connectivity index (χ1) is 8.22. The molecule has 1 aliphatic rings. The predicted molar refractivity (Wildman–Crippen MR) is 65.7 cm³/mol. The molecule has 1 aromatic heterocycles. The maximum absolute atomic E-state index is 11.4. The lowest BCUT2D eigenvalue weighted by Gasteiger charge is -1.96. The molecule has 2 heterocycles. The van der Waals surface area contributed by atoms with Crippen molar-refractivity contribution in [2.75, 3.05) is 0 Å². The van der Waals surface area contributed by atoms with E-state index in [1.54, 1.807) is 6.08 Å². The molecule has 0 aliphatic carbocycles. The quantitative estimate of drug-likeness (QED) is 0.497. The number of aromatic nitrogens is 3. The summed E-state index contributed by atoms with van der Waals surface area (Å²) in [5.74, 6) is -0.224. The van der Waals surface area contributed by atoms with Crippen LogP contribution in [0.5, 0.6) is 0 Å². The first-order valence-corrected chi connectivity index (χ1v) is 5.28. The highest BCUT2D eigenvalue weighted by molar-refractivity contribution is 7.80. The van der Waals surface area contributed by atoms with Gasteiger partial charge in [-0.15, -0.1) is 5.10 Å². The van der Waals surface area contributed by atoms with E-state index in [1.165, 1.54) is 0 Å². The fourth-order valence-corrected chi connectivity index (χ4v) is 1.80. The van der Waals surface area contributed by atoms with Gasteiger partial charge in [0.15, 0.2) is 5.11 Å². The Hall–Kier alpha value is -2.28. The van der Waals surface area contributed by atoms with Crippen molar-refractivity contribution in [2.24, 2.45) is 0 Å². The maximum Gasteiger partial charge on any atom is 0.273 e. The minimum atomic E-state index is -0.224. The third kappa shape index (κ3) is 1.76. The molecule has 84 valence electrons. The Bertz CT molecular complexity index is 660. The zero-order valence-electron chi connectivity index (χ0n) is 8.52. The largest absolute Gasteiger partial charge is 0.328 e. The van der Waals surface area contributed by atoms with E-state index in [9.17, 15) is 4.79 Å². The lowest BCUT2D eigenvalue weighted by atomic mass is 10.1. The molecule has 0 radical (unpaired) electrons. The van der Waals surface area contributed by atoms with Gasteiger partial charge in [0, 0.05) is 0 Å². The van der Waals surface area contributed by atoms with Gasteiger partial charge in [-0.1, -0.05) is 11.3 Å². The average molecular weight is 245 g/mol. The molecule has 0 atom stereocenters. The van der Waals surface area contributed by atoms with Crippen molar-refractivity contribution >= 4 is 40.3 Å². The number of amides is 1. The Kier molecular flexibility index (Phi) is 2.12. The highest BCUT2D eigenvalue weighted by Crippen LogP contribution is 2.14. The molecular weight excluding hydrogens is 238 g/mol. The van der Waals surface area contributed by atoms with Crippen molar-refractivity contribution in [3.63, 3.8) is 0 Å². The molecule has 1 aromatic carbocycles. The number of aromatic amines is 1. The Morgan fingerprint density at radius 2 is 2.18 bits per heavy atom. The molecule has 1 amide bonds. The topological polar surface area (TPSA) is 82.7 Å². The van der Waals surface area contributed by atoms with Crippen LogP contribution in [-0.4, -0.2) is 26.4 Å². The van der Waals surface area contributed by atoms with Crippen molar-refractivity contribution in [2.45, 2.75) is 0 Å². The molecule has 0 spiro atoms. The number of H-pyrrole nitrogens is 1. The maximum atomic E-state index is 11.4. The number of carbonyl (C=O) groups is 1. The van der Waals surface area contributed by atoms with Crippen LogP contribution in [0.2, 0.25) is 0 Å². The van der Waals surface area contributed by atoms with Crippen LogP contribution < -0.4 is 10.6 Å². The Labute approximate surface area is 101 Å². The molecule has 3 rings (SSSR count). The number of hydrogen-bond acceptors (Lipinski definition) is 4. The standard InChI is InChI=1S/C10H7N5OS/c16-9-8(11-10(17)12-9)4-5-1-2-6-7(3-5)14-15-13-6/h1-4H,(H,13,14,15)(H2,11,12,16,17)/b8-4-. The minimum absolute atomic E-state index is 0.224. The molecule has 3 N–H and O–H groups in total. The minimum Gasteiger partial charge on any atom is -0.328 e. The fraction of sp³-hybridized carbons (Fsp3) is 0. The van der Waals surface area contributed by atoms with Gasteiger partial charge >= 0.3 is 0 Å². The summed E-state index contributed by atoms with van der Waals surface area (Å²) in [5.41, 5.74) is 2.90. The first kappa shape index (κ1) is 9.91. The number of thiocarbonyl (C=S) groups is 1. The van der Waals surface area contributed by atoms with Crippen LogP contribution in [0, 0.1) is 0 Å². The van der Waals surface area contributed by atoms with Crippen LogP contribution in [0.15, 0.2) is 23.9 Å². The number of nitrogens with one attached hydrogen (secondary N) is 3. The van der Waals surface area contributed by atoms with Gasteiger partial charge in [0.2, 0.25) is 0 Å². The number of nitrogens with zero attached hydrogens (tertiary/aromatic N) is 2. The first-order valence-electron chi connectivity index (χ1n) is 4.87. The molecule has 7 heteroatoms.